The minimum Gasteiger partial charge on any atom is -0.151 e. The van der Waals surface area contributed by atoms with Crippen molar-refractivity contribution in [2.75, 3.05) is 0 Å². The maximum Gasteiger partial charge on any atom is 0.225 e. The maximum absolute atomic E-state index is 7.41. The highest BCUT2D eigenvalue weighted by Crippen LogP contribution is 2.20. The molecule has 0 aromatic rings. The molecule has 0 saturated carbocycles. The first-order valence-corrected chi connectivity index (χ1v) is 29.6. The molecule has 0 radical (unpaired) electrons. The monoisotopic (exact) mass is 817 g/mol. The predicted octanol–water partition coefficient (Wildman–Crippen LogP) is 21.1. The first-order valence-electron chi connectivity index (χ1n) is 26.4. The van der Waals surface area contributed by atoms with E-state index in [9.17, 15) is 0 Å². The van der Waals surface area contributed by atoms with Crippen molar-refractivity contribution in [1.29, 1.82) is 0 Å². The molecule has 0 atom stereocenters. The van der Waals surface area contributed by atoms with Crippen LogP contribution in [-0.4, -0.2) is 7.38 Å². The summed E-state index contributed by atoms with van der Waals surface area (Å²) in [5.74, 6) is 0. The fourth-order valence-electron chi connectivity index (χ4n) is 8.33. The van der Waals surface area contributed by atoms with E-state index < -0.39 is 7.38 Å². The van der Waals surface area contributed by atoms with Gasteiger partial charge in [-0.05, 0) is 38.5 Å². The molecule has 0 nitrogen and oxygen atoms in total. The van der Waals surface area contributed by atoms with Crippen LogP contribution in [0.4, 0.5) is 0 Å². The van der Waals surface area contributed by atoms with Gasteiger partial charge in [0.05, 0.1) is 0 Å². The highest BCUT2D eigenvalue weighted by atomic mass is 35.6. The molecule has 0 spiro atoms. The molecule has 0 bridgehead atoms. The molecule has 0 amide bonds. The van der Waals surface area contributed by atoms with Crippen molar-refractivity contribution in [3.05, 3.63) is 35.3 Å². The van der Waals surface area contributed by atoms with Crippen LogP contribution >= 0.6 is 11.1 Å². The third-order valence-corrected chi connectivity index (χ3v) is 15.7. The lowest BCUT2D eigenvalue weighted by Crippen LogP contribution is -2.18. The fourth-order valence-corrected chi connectivity index (χ4v) is 11.0. The zero-order valence-electron chi connectivity index (χ0n) is 39.2. The van der Waals surface area contributed by atoms with E-state index in [2.05, 4.69) is 56.1 Å². The highest BCUT2D eigenvalue weighted by molar-refractivity contribution is 7.28. The van der Waals surface area contributed by atoms with Crippen LogP contribution in [-0.2, 0) is 0 Å². The lowest BCUT2D eigenvalue weighted by Gasteiger charge is -2.11. The predicted molar refractivity (Wildman–Crippen MR) is 264 cm³/mol. The molecule has 332 valence electrons. The Morgan fingerprint density at radius 1 is 0.232 bits per heavy atom. The Hall–Kier alpha value is -0.273. The number of allylic oxidation sites excluding steroid dienone is 3. The van der Waals surface area contributed by atoms with Crippen molar-refractivity contribution in [3.63, 3.8) is 0 Å². The van der Waals surface area contributed by atoms with E-state index in [-0.39, 0.29) is 0 Å². The van der Waals surface area contributed by atoms with Crippen LogP contribution in [0.1, 0.15) is 310 Å². The van der Waals surface area contributed by atoms with Gasteiger partial charge in [-0.2, -0.15) is 11.1 Å². The van der Waals surface area contributed by atoms with Gasteiger partial charge in [-0.15, -0.1) is 0 Å². The van der Waals surface area contributed by atoms with Crippen molar-refractivity contribution < 1.29 is 0 Å². The zero-order valence-corrected chi connectivity index (χ0v) is 40.9. The second-order valence-corrected chi connectivity index (χ2v) is 22.8. The van der Waals surface area contributed by atoms with Crippen molar-refractivity contribution >= 4 is 18.5 Å². The highest BCUT2D eigenvalue weighted by Gasteiger charge is 2.19. The average Bonchev–Trinajstić information content (AvgIpc) is 3.20. The standard InChI is InChI=1S/C54H105ClSi/c1-4-7-10-13-16-19-22-25-28-31-34-37-40-43-46-49-52-56(55,53-50-47-44-41-38-35-32-29-26-23-20-17-14-11-8-5-2)54-51-48-45-42-39-36-33-30-27-24-21-18-15-12-9-6-3/h49-54H,4-48H2,1-3H3/b52-49+,53-50+,54-51+. The van der Waals surface area contributed by atoms with Gasteiger partial charge in [0, 0.05) is 0 Å². The van der Waals surface area contributed by atoms with Crippen LogP contribution in [0.5, 0.6) is 0 Å². The Kier molecular flexibility index (Phi) is 48.9. The van der Waals surface area contributed by atoms with Crippen molar-refractivity contribution in [2.24, 2.45) is 0 Å². The van der Waals surface area contributed by atoms with Crippen molar-refractivity contribution in [1.82, 2.24) is 0 Å². The summed E-state index contributed by atoms with van der Waals surface area (Å²) < 4.78 is 0. The summed E-state index contributed by atoms with van der Waals surface area (Å²) >= 11 is 7.41. The van der Waals surface area contributed by atoms with E-state index in [0.29, 0.717) is 0 Å². The Bertz CT molecular complexity index is 696. The van der Waals surface area contributed by atoms with Gasteiger partial charge in [0.15, 0.2) is 0 Å². The summed E-state index contributed by atoms with van der Waals surface area (Å²) in [6.07, 6.45) is 70.8. The molecule has 0 aromatic carbocycles. The van der Waals surface area contributed by atoms with Crippen LogP contribution in [0.25, 0.3) is 0 Å². The topological polar surface area (TPSA) is 0 Å². The molecule has 0 aliphatic carbocycles. The fraction of sp³-hybridized carbons (Fsp3) is 0.889. The van der Waals surface area contributed by atoms with Gasteiger partial charge in [0.2, 0.25) is 7.38 Å². The Balaban J connectivity index is 4.29. The Labute approximate surface area is 361 Å². The van der Waals surface area contributed by atoms with Crippen LogP contribution in [0, 0.1) is 0 Å². The molecule has 56 heavy (non-hydrogen) atoms. The number of hydrogen-bond donors (Lipinski definition) is 0. The van der Waals surface area contributed by atoms with E-state index >= 15 is 0 Å². The number of rotatable bonds is 48. The molecule has 0 aliphatic heterocycles. The molecule has 0 unspecified atom stereocenters. The third-order valence-electron chi connectivity index (χ3n) is 12.3. The molecule has 0 heterocycles. The first kappa shape index (κ1) is 55.7. The molecular formula is C54H105ClSi. The van der Waals surface area contributed by atoms with E-state index in [0.717, 1.165) is 0 Å². The van der Waals surface area contributed by atoms with E-state index in [1.54, 1.807) is 0 Å². The van der Waals surface area contributed by atoms with Crippen molar-refractivity contribution in [2.45, 2.75) is 310 Å². The third kappa shape index (κ3) is 46.4. The van der Waals surface area contributed by atoms with Gasteiger partial charge in [0.25, 0.3) is 0 Å². The number of hydrogen-bond acceptors (Lipinski definition) is 0. The molecular weight excluding hydrogens is 712 g/mol. The minimum atomic E-state index is -2.14. The largest absolute Gasteiger partial charge is 0.225 e. The quantitative estimate of drug-likeness (QED) is 0.0326. The van der Waals surface area contributed by atoms with Gasteiger partial charge in [-0.25, -0.2) is 0 Å². The smallest absolute Gasteiger partial charge is 0.151 e. The second-order valence-electron chi connectivity index (χ2n) is 18.2. The van der Waals surface area contributed by atoms with Crippen molar-refractivity contribution in [3.8, 4) is 0 Å². The lowest BCUT2D eigenvalue weighted by molar-refractivity contribution is 0.536. The molecule has 0 aliphatic rings. The minimum absolute atomic E-state index is 1.19. The SMILES string of the molecule is CCCCCCCCCCCCCCCC/C=C/[Si](Cl)(/C=C/CCCCCCCCCCCCCCCC)/C=C/CCCCCCCCCCCCCCCC. The molecule has 0 fully saturated rings. The van der Waals surface area contributed by atoms with Crippen LogP contribution in [0.3, 0.4) is 0 Å². The molecule has 0 aromatic heterocycles. The molecule has 0 rings (SSSR count). The van der Waals surface area contributed by atoms with E-state index in [1.165, 1.54) is 289 Å². The summed E-state index contributed by atoms with van der Waals surface area (Å²) in [5.41, 5.74) is 7.29. The van der Waals surface area contributed by atoms with Crippen LogP contribution < -0.4 is 0 Å². The summed E-state index contributed by atoms with van der Waals surface area (Å²) in [7, 11) is -2.14. The summed E-state index contributed by atoms with van der Waals surface area (Å²) in [4.78, 5) is 0. The average molecular weight is 818 g/mol. The Morgan fingerprint density at radius 2 is 0.375 bits per heavy atom. The van der Waals surface area contributed by atoms with Gasteiger partial charge in [-0.1, -0.05) is 307 Å². The summed E-state index contributed by atoms with van der Waals surface area (Å²) in [6.45, 7) is 6.93. The normalized spacial score (nSPS) is 12.4. The zero-order chi connectivity index (χ0) is 40.6. The molecule has 0 saturated heterocycles. The summed E-state index contributed by atoms with van der Waals surface area (Å²) in [5, 5.41) is 0. The van der Waals surface area contributed by atoms with Gasteiger partial charge >= 0.3 is 0 Å². The summed E-state index contributed by atoms with van der Waals surface area (Å²) in [6, 6.07) is 0. The van der Waals surface area contributed by atoms with E-state index in [4.69, 9.17) is 11.1 Å². The van der Waals surface area contributed by atoms with Crippen LogP contribution in [0.15, 0.2) is 35.3 Å². The Morgan fingerprint density at radius 3 is 0.536 bits per heavy atom. The van der Waals surface area contributed by atoms with Gasteiger partial charge in [0.1, 0.15) is 0 Å². The molecule has 2 heteroatoms. The second kappa shape index (κ2) is 49.1. The first-order chi connectivity index (χ1) is 27.7. The van der Waals surface area contributed by atoms with Gasteiger partial charge in [-0.3, -0.25) is 0 Å². The van der Waals surface area contributed by atoms with E-state index in [1.807, 2.05) is 0 Å². The lowest BCUT2D eigenvalue weighted by atomic mass is 10.0. The van der Waals surface area contributed by atoms with Gasteiger partial charge < -0.3 is 0 Å². The number of unbranched alkanes of at least 4 members (excludes halogenated alkanes) is 42. The number of halogens is 1. The molecule has 0 N–H and O–H groups in total. The maximum atomic E-state index is 7.41. The van der Waals surface area contributed by atoms with Crippen LogP contribution in [0.2, 0.25) is 0 Å².